The molecule has 1 heterocycles. The average Bonchev–Trinajstić information content (AvgIpc) is 2.66. The summed E-state index contributed by atoms with van der Waals surface area (Å²) in [5.41, 5.74) is 1.90. The molecule has 26 heavy (non-hydrogen) atoms. The first-order valence-electron chi connectivity index (χ1n) is 10.3. The van der Waals surface area contributed by atoms with Crippen LogP contribution in [0.1, 0.15) is 87.6 Å². The largest absolute Gasteiger partial charge is 0.352 e. The van der Waals surface area contributed by atoms with Crippen molar-refractivity contribution in [3.8, 4) is 0 Å². The summed E-state index contributed by atoms with van der Waals surface area (Å²) in [5.74, 6) is -0.220. The number of aryl methyl sites for hydroxylation is 1. The first-order valence-corrected chi connectivity index (χ1v) is 10.3. The van der Waals surface area contributed by atoms with Crippen LogP contribution >= 0.6 is 0 Å². The van der Waals surface area contributed by atoms with Gasteiger partial charge in [-0.3, -0.25) is 9.59 Å². The van der Waals surface area contributed by atoms with E-state index in [1.54, 1.807) is 0 Å². The molecule has 4 heteroatoms. The second-order valence-corrected chi connectivity index (χ2v) is 7.43. The molecule has 1 aliphatic rings. The Morgan fingerprint density at radius 2 is 1.73 bits per heavy atom. The van der Waals surface area contributed by atoms with Crippen LogP contribution in [0, 0.1) is 0 Å². The molecule has 0 spiro atoms. The predicted molar refractivity (Wildman–Crippen MR) is 106 cm³/mol. The molecular formula is C22H34N2O2. The maximum atomic E-state index is 12.4. The van der Waals surface area contributed by atoms with Crippen molar-refractivity contribution in [3.05, 3.63) is 35.4 Å². The number of unbranched alkanes of at least 4 members (excludes halogenated alkanes) is 5. The highest BCUT2D eigenvalue weighted by atomic mass is 16.2. The van der Waals surface area contributed by atoms with Crippen LogP contribution in [0.15, 0.2) is 24.3 Å². The Kier molecular flexibility index (Phi) is 8.66. The van der Waals surface area contributed by atoms with E-state index in [-0.39, 0.29) is 17.9 Å². The number of benzene rings is 1. The number of nitrogens with one attached hydrogen (secondary N) is 2. The van der Waals surface area contributed by atoms with Crippen molar-refractivity contribution < 1.29 is 9.59 Å². The van der Waals surface area contributed by atoms with E-state index in [0.29, 0.717) is 12.0 Å². The maximum Gasteiger partial charge on any atom is 0.251 e. The van der Waals surface area contributed by atoms with E-state index in [1.165, 1.54) is 44.1 Å². The Morgan fingerprint density at radius 1 is 1.04 bits per heavy atom. The van der Waals surface area contributed by atoms with Gasteiger partial charge in [0.15, 0.2) is 0 Å². The number of amides is 2. The van der Waals surface area contributed by atoms with Gasteiger partial charge in [-0.1, -0.05) is 58.1 Å². The van der Waals surface area contributed by atoms with Gasteiger partial charge in [-0.15, -0.1) is 0 Å². The molecule has 1 aromatic carbocycles. The summed E-state index contributed by atoms with van der Waals surface area (Å²) in [7, 11) is 0. The fraction of sp³-hybridized carbons (Fsp3) is 0.636. The Hall–Kier alpha value is -1.84. The minimum absolute atomic E-state index is 0.0591. The number of hydrogen-bond donors (Lipinski definition) is 2. The van der Waals surface area contributed by atoms with Crippen LogP contribution in [-0.4, -0.2) is 23.9 Å². The van der Waals surface area contributed by atoms with Gasteiger partial charge < -0.3 is 10.6 Å². The molecule has 1 fully saturated rings. The van der Waals surface area contributed by atoms with Gasteiger partial charge in [-0.2, -0.15) is 0 Å². The van der Waals surface area contributed by atoms with Crippen molar-refractivity contribution in [2.75, 3.05) is 0 Å². The quantitative estimate of drug-likeness (QED) is 0.610. The molecule has 0 bridgehead atoms. The number of carbonyl (C=O) groups is 2. The fourth-order valence-electron chi connectivity index (χ4n) is 3.49. The lowest BCUT2D eigenvalue weighted by molar-refractivity contribution is -0.125. The van der Waals surface area contributed by atoms with Gasteiger partial charge >= 0.3 is 0 Å². The molecule has 1 saturated heterocycles. The molecule has 4 nitrogen and oxygen atoms in total. The Bertz CT molecular complexity index is 568. The number of carbonyl (C=O) groups excluding carboxylic acids is 2. The minimum Gasteiger partial charge on any atom is -0.352 e. The van der Waals surface area contributed by atoms with Crippen LogP contribution in [0.25, 0.3) is 0 Å². The van der Waals surface area contributed by atoms with E-state index in [9.17, 15) is 9.59 Å². The zero-order valence-electron chi connectivity index (χ0n) is 16.4. The van der Waals surface area contributed by atoms with Gasteiger partial charge in [-0.25, -0.2) is 0 Å². The van der Waals surface area contributed by atoms with Gasteiger partial charge in [0, 0.05) is 11.6 Å². The summed E-state index contributed by atoms with van der Waals surface area (Å²) in [5, 5.41) is 5.84. The first-order chi connectivity index (χ1) is 12.6. The van der Waals surface area contributed by atoms with Gasteiger partial charge in [0.1, 0.15) is 6.04 Å². The summed E-state index contributed by atoms with van der Waals surface area (Å²) >= 11 is 0. The van der Waals surface area contributed by atoms with Crippen LogP contribution in [0.2, 0.25) is 0 Å². The Morgan fingerprint density at radius 3 is 2.38 bits per heavy atom. The molecule has 2 N–H and O–H groups in total. The molecule has 2 atom stereocenters. The first kappa shape index (κ1) is 20.5. The third kappa shape index (κ3) is 6.47. The molecular weight excluding hydrogens is 324 g/mol. The fourth-order valence-corrected chi connectivity index (χ4v) is 3.49. The molecule has 0 radical (unpaired) electrons. The normalized spacial score (nSPS) is 19.8. The zero-order chi connectivity index (χ0) is 18.8. The van der Waals surface area contributed by atoms with Crippen molar-refractivity contribution in [1.29, 1.82) is 0 Å². The van der Waals surface area contributed by atoms with E-state index in [1.807, 2.05) is 24.3 Å². The zero-order valence-corrected chi connectivity index (χ0v) is 16.4. The summed E-state index contributed by atoms with van der Waals surface area (Å²) in [6.45, 7) is 4.30. The van der Waals surface area contributed by atoms with E-state index in [2.05, 4.69) is 24.5 Å². The van der Waals surface area contributed by atoms with E-state index in [4.69, 9.17) is 0 Å². The highest BCUT2D eigenvalue weighted by Gasteiger charge is 2.28. The molecule has 2 amide bonds. The molecule has 0 aromatic heterocycles. The van der Waals surface area contributed by atoms with Crippen LogP contribution in [0.5, 0.6) is 0 Å². The third-order valence-corrected chi connectivity index (χ3v) is 5.30. The maximum absolute atomic E-state index is 12.4. The van der Waals surface area contributed by atoms with Crippen molar-refractivity contribution in [1.82, 2.24) is 10.6 Å². The molecule has 0 aliphatic carbocycles. The number of hydrogen-bond acceptors (Lipinski definition) is 2. The highest BCUT2D eigenvalue weighted by molar-refractivity contribution is 5.97. The van der Waals surface area contributed by atoms with Crippen LogP contribution in [-0.2, 0) is 11.2 Å². The topological polar surface area (TPSA) is 58.2 Å². The second-order valence-electron chi connectivity index (χ2n) is 7.43. The molecule has 1 aliphatic heterocycles. The van der Waals surface area contributed by atoms with Crippen LogP contribution in [0.4, 0.5) is 0 Å². The van der Waals surface area contributed by atoms with E-state index >= 15 is 0 Å². The van der Waals surface area contributed by atoms with Crippen molar-refractivity contribution in [2.24, 2.45) is 0 Å². The summed E-state index contributed by atoms with van der Waals surface area (Å²) in [6.07, 6.45) is 11.4. The number of rotatable bonds is 10. The Balaban J connectivity index is 1.75. The monoisotopic (exact) mass is 358 g/mol. The predicted octanol–water partition coefficient (Wildman–Crippen LogP) is 4.38. The smallest absolute Gasteiger partial charge is 0.251 e. The third-order valence-electron chi connectivity index (χ3n) is 5.30. The van der Waals surface area contributed by atoms with Gasteiger partial charge in [0.25, 0.3) is 5.91 Å². The van der Waals surface area contributed by atoms with E-state index < -0.39 is 6.04 Å². The van der Waals surface area contributed by atoms with E-state index in [0.717, 1.165) is 19.3 Å². The molecule has 1 aromatic rings. The Labute approximate surface area is 158 Å². The van der Waals surface area contributed by atoms with Crippen LogP contribution < -0.4 is 10.6 Å². The molecule has 2 unspecified atom stereocenters. The van der Waals surface area contributed by atoms with Crippen molar-refractivity contribution in [3.63, 3.8) is 0 Å². The SMILES string of the molecule is CCCCCCCCc1ccc(C(=O)NC2CCC(CC)NC2=O)cc1. The van der Waals surface area contributed by atoms with Crippen LogP contribution in [0.3, 0.4) is 0 Å². The van der Waals surface area contributed by atoms with Crippen molar-refractivity contribution in [2.45, 2.75) is 90.1 Å². The van der Waals surface area contributed by atoms with Gasteiger partial charge in [0.05, 0.1) is 0 Å². The highest BCUT2D eigenvalue weighted by Crippen LogP contribution is 2.14. The molecule has 0 saturated carbocycles. The lowest BCUT2D eigenvalue weighted by atomic mass is 9.98. The summed E-state index contributed by atoms with van der Waals surface area (Å²) in [4.78, 5) is 24.5. The minimum atomic E-state index is -0.409. The van der Waals surface area contributed by atoms with Gasteiger partial charge in [0.2, 0.25) is 5.91 Å². The molecule has 2 rings (SSSR count). The summed E-state index contributed by atoms with van der Waals surface area (Å²) in [6, 6.07) is 7.66. The average molecular weight is 359 g/mol. The lowest BCUT2D eigenvalue weighted by Gasteiger charge is -2.29. The number of piperidine rings is 1. The summed E-state index contributed by atoms with van der Waals surface area (Å²) < 4.78 is 0. The standard InChI is InChI=1S/C22H34N2O2/c1-3-5-6-7-8-9-10-17-11-13-18(14-12-17)21(25)24-20-16-15-19(4-2)23-22(20)26/h11-14,19-20H,3-10,15-16H2,1-2H3,(H,23,26)(H,24,25). The van der Waals surface area contributed by atoms with Crippen molar-refractivity contribution >= 4 is 11.8 Å². The second kappa shape index (κ2) is 11.0. The lowest BCUT2D eigenvalue weighted by Crippen LogP contribution is -2.53. The van der Waals surface area contributed by atoms with Gasteiger partial charge in [-0.05, 0) is 49.8 Å². The molecule has 144 valence electrons.